The highest BCUT2D eigenvalue weighted by molar-refractivity contribution is 5.77. The second-order valence-corrected chi connectivity index (χ2v) is 4.98. The van der Waals surface area contributed by atoms with Crippen LogP contribution in [-0.2, 0) is 4.79 Å². The van der Waals surface area contributed by atoms with Crippen molar-refractivity contribution in [3.63, 3.8) is 0 Å². The Bertz CT molecular complexity index is 525. The minimum absolute atomic E-state index is 0.0183. The van der Waals surface area contributed by atoms with Gasteiger partial charge in [0.1, 0.15) is 5.75 Å². The number of nitro benzene ring substituents is 1. The van der Waals surface area contributed by atoms with Crippen molar-refractivity contribution in [2.45, 2.75) is 13.3 Å². The third-order valence-electron chi connectivity index (χ3n) is 3.41. The Morgan fingerprint density at radius 3 is 2.95 bits per heavy atom. The first-order valence-electron chi connectivity index (χ1n) is 6.94. The molecule has 0 atom stereocenters. The molecule has 1 saturated heterocycles. The van der Waals surface area contributed by atoms with Gasteiger partial charge in [0.2, 0.25) is 0 Å². The molecule has 21 heavy (non-hydrogen) atoms. The van der Waals surface area contributed by atoms with Gasteiger partial charge in [0.05, 0.1) is 4.92 Å². The summed E-state index contributed by atoms with van der Waals surface area (Å²) in [5.41, 5.74) is 0.666. The number of ether oxygens (including phenoxy) is 1. The normalized spacial score (nSPS) is 15.4. The zero-order chi connectivity index (χ0) is 15.2. The van der Waals surface area contributed by atoms with Crippen LogP contribution in [0.5, 0.6) is 5.75 Å². The summed E-state index contributed by atoms with van der Waals surface area (Å²) in [6.07, 6.45) is 0.933. The molecular weight excluding hydrogens is 274 g/mol. The van der Waals surface area contributed by atoms with Gasteiger partial charge >= 0.3 is 0 Å². The van der Waals surface area contributed by atoms with E-state index in [1.54, 1.807) is 11.8 Å². The molecular formula is C14H19N3O4. The summed E-state index contributed by atoms with van der Waals surface area (Å²) in [5, 5.41) is 13.9. The summed E-state index contributed by atoms with van der Waals surface area (Å²) in [4.78, 5) is 24.1. The highest BCUT2D eigenvalue weighted by Crippen LogP contribution is 2.23. The van der Waals surface area contributed by atoms with Crippen LogP contribution in [0, 0.1) is 17.0 Å². The van der Waals surface area contributed by atoms with Crippen molar-refractivity contribution in [1.82, 2.24) is 10.2 Å². The van der Waals surface area contributed by atoms with Gasteiger partial charge in [-0.05, 0) is 31.5 Å². The number of carbonyl (C=O) groups excluding carboxylic acids is 1. The van der Waals surface area contributed by atoms with E-state index in [-0.39, 0.29) is 18.2 Å². The minimum Gasteiger partial charge on any atom is -0.483 e. The number of rotatable bonds is 4. The predicted molar refractivity (Wildman–Crippen MR) is 77.4 cm³/mol. The third kappa shape index (κ3) is 4.16. The Morgan fingerprint density at radius 2 is 2.24 bits per heavy atom. The van der Waals surface area contributed by atoms with E-state index in [9.17, 15) is 14.9 Å². The lowest BCUT2D eigenvalue weighted by molar-refractivity contribution is -0.384. The van der Waals surface area contributed by atoms with Crippen molar-refractivity contribution in [3.05, 3.63) is 33.9 Å². The number of hydrogen-bond donors (Lipinski definition) is 1. The van der Waals surface area contributed by atoms with Gasteiger partial charge in [0.25, 0.3) is 11.6 Å². The molecule has 0 bridgehead atoms. The smallest absolute Gasteiger partial charge is 0.269 e. The molecule has 1 aliphatic rings. The zero-order valence-corrected chi connectivity index (χ0v) is 12.0. The van der Waals surface area contributed by atoms with Gasteiger partial charge in [-0.3, -0.25) is 14.9 Å². The molecule has 1 amide bonds. The second-order valence-electron chi connectivity index (χ2n) is 4.98. The lowest BCUT2D eigenvalue weighted by Gasteiger charge is -2.20. The predicted octanol–water partition coefficient (Wildman–Crippen LogP) is 1.10. The summed E-state index contributed by atoms with van der Waals surface area (Å²) >= 11 is 0. The Labute approximate surface area is 123 Å². The molecule has 1 aliphatic heterocycles. The molecule has 2 rings (SSSR count). The molecule has 1 fully saturated rings. The number of nitrogens with zero attached hydrogens (tertiary/aromatic N) is 2. The molecule has 0 saturated carbocycles. The Balaban J connectivity index is 1.93. The fourth-order valence-electron chi connectivity index (χ4n) is 2.24. The van der Waals surface area contributed by atoms with Gasteiger partial charge in [-0.15, -0.1) is 0 Å². The molecule has 1 aromatic rings. The van der Waals surface area contributed by atoms with Gasteiger partial charge in [-0.25, -0.2) is 0 Å². The van der Waals surface area contributed by atoms with E-state index in [4.69, 9.17) is 4.74 Å². The van der Waals surface area contributed by atoms with Crippen LogP contribution in [-0.4, -0.2) is 48.5 Å². The number of hydrogen-bond acceptors (Lipinski definition) is 5. The second kappa shape index (κ2) is 7.03. The molecule has 7 heteroatoms. The number of non-ortho nitro benzene ring substituents is 1. The van der Waals surface area contributed by atoms with Crippen molar-refractivity contribution < 1.29 is 14.5 Å². The maximum Gasteiger partial charge on any atom is 0.269 e. The summed E-state index contributed by atoms with van der Waals surface area (Å²) in [6.45, 7) is 4.81. The van der Waals surface area contributed by atoms with Crippen LogP contribution >= 0.6 is 0 Å². The van der Waals surface area contributed by atoms with Crippen LogP contribution < -0.4 is 10.1 Å². The standard InChI is InChI=1S/C14H19N3O4/c1-11-9-12(17(19)20)3-4-13(11)21-10-14(18)16-7-2-5-15-6-8-16/h3-4,9,15H,2,5-8,10H2,1H3. The van der Waals surface area contributed by atoms with Crippen LogP contribution in [0.1, 0.15) is 12.0 Å². The summed E-state index contributed by atoms with van der Waals surface area (Å²) in [7, 11) is 0. The van der Waals surface area contributed by atoms with Gasteiger partial charge < -0.3 is 15.0 Å². The average molecular weight is 293 g/mol. The monoisotopic (exact) mass is 293 g/mol. The number of benzene rings is 1. The van der Waals surface area contributed by atoms with Crippen LogP contribution in [0.4, 0.5) is 5.69 Å². The van der Waals surface area contributed by atoms with E-state index in [0.29, 0.717) is 17.9 Å². The first-order chi connectivity index (χ1) is 10.1. The number of amides is 1. The Morgan fingerprint density at radius 1 is 1.43 bits per heavy atom. The quantitative estimate of drug-likeness (QED) is 0.664. The van der Waals surface area contributed by atoms with Crippen LogP contribution in [0.2, 0.25) is 0 Å². The molecule has 1 heterocycles. The molecule has 1 aromatic carbocycles. The molecule has 1 N–H and O–H groups in total. The average Bonchev–Trinajstić information content (AvgIpc) is 2.74. The number of carbonyl (C=O) groups is 1. The minimum atomic E-state index is -0.452. The Kier molecular flexibility index (Phi) is 5.10. The zero-order valence-electron chi connectivity index (χ0n) is 12.0. The van der Waals surface area contributed by atoms with Gasteiger partial charge in [0, 0.05) is 31.8 Å². The third-order valence-corrected chi connectivity index (χ3v) is 3.41. The summed E-state index contributed by atoms with van der Waals surface area (Å²) in [6, 6.07) is 4.35. The largest absolute Gasteiger partial charge is 0.483 e. The van der Waals surface area contributed by atoms with Gasteiger partial charge in [-0.1, -0.05) is 0 Å². The Hall–Kier alpha value is -2.15. The summed E-state index contributed by atoms with van der Waals surface area (Å²) < 4.78 is 5.49. The summed E-state index contributed by atoms with van der Waals surface area (Å²) in [5.74, 6) is 0.443. The van der Waals surface area contributed by atoms with E-state index < -0.39 is 4.92 Å². The topological polar surface area (TPSA) is 84.7 Å². The maximum atomic E-state index is 12.1. The molecule has 0 spiro atoms. The molecule has 7 nitrogen and oxygen atoms in total. The fraction of sp³-hybridized carbons (Fsp3) is 0.500. The molecule has 114 valence electrons. The molecule has 0 aliphatic carbocycles. The van der Waals surface area contributed by atoms with Crippen molar-refractivity contribution in [2.24, 2.45) is 0 Å². The number of nitro groups is 1. The SMILES string of the molecule is Cc1cc([N+](=O)[O-])ccc1OCC(=O)N1CCCNCC1. The molecule has 0 radical (unpaired) electrons. The van der Waals surface area contributed by atoms with Crippen molar-refractivity contribution in [2.75, 3.05) is 32.8 Å². The van der Waals surface area contributed by atoms with Crippen molar-refractivity contribution in [3.8, 4) is 5.75 Å². The highest BCUT2D eigenvalue weighted by Gasteiger charge is 2.16. The first-order valence-corrected chi connectivity index (χ1v) is 6.94. The molecule has 0 aromatic heterocycles. The van der Waals surface area contributed by atoms with E-state index in [1.165, 1.54) is 18.2 Å². The van der Waals surface area contributed by atoms with Crippen LogP contribution in [0.25, 0.3) is 0 Å². The van der Waals surface area contributed by atoms with E-state index in [2.05, 4.69) is 5.32 Å². The first kappa shape index (κ1) is 15.2. The van der Waals surface area contributed by atoms with E-state index >= 15 is 0 Å². The van der Waals surface area contributed by atoms with E-state index in [1.807, 2.05) is 0 Å². The maximum absolute atomic E-state index is 12.1. The number of aryl methyl sites for hydroxylation is 1. The van der Waals surface area contributed by atoms with Crippen molar-refractivity contribution in [1.29, 1.82) is 0 Å². The lowest BCUT2D eigenvalue weighted by atomic mass is 10.2. The number of nitrogens with one attached hydrogen (secondary N) is 1. The van der Waals surface area contributed by atoms with Crippen molar-refractivity contribution >= 4 is 11.6 Å². The van der Waals surface area contributed by atoms with Crippen LogP contribution in [0.3, 0.4) is 0 Å². The lowest BCUT2D eigenvalue weighted by Crippen LogP contribution is -2.37. The van der Waals surface area contributed by atoms with Gasteiger partial charge in [-0.2, -0.15) is 0 Å². The van der Waals surface area contributed by atoms with E-state index in [0.717, 1.165) is 26.1 Å². The molecule has 0 unspecified atom stereocenters. The van der Waals surface area contributed by atoms with Gasteiger partial charge in [0.15, 0.2) is 6.61 Å². The highest BCUT2D eigenvalue weighted by atomic mass is 16.6. The van der Waals surface area contributed by atoms with Crippen LogP contribution in [0.15, 0.2) is 18.2 Å². The fourth-order valence-corrected chi connectivity index (χ4v) is 2.24.